The van der Waals surface area contributed by atoms with Crippen molar-refractivity contribution in [2.24, 2.45) is 0 Å². The number of thiophene rings is 1. The molecule has 5 aromatic rings. The second-order valence-corrected chi connectivity index (χ2v) is 10.8. The molecule has 43 heavy (non-hydrogen) atoms. The lowest BCUT2D eigenvalue weighted by Crippen LogP contribution is -2.38. The molecule has 226 valence electrons. The minimum Gasteiger partial charge on any atom is -0.480 e. The molecular formula is C29H26Cl2F3N5O3S. The van der Waals surface area contributed by atoms with E-state index in [0.29, 0.717) is 34.4 Å². The molecule has 0 fully saturated rings. The lowest BCUT2D eigenvalue weighted by atomic mass is 10.0. The molecule has 3 heterocycles. The summed E-state index contributed by atoms with van der Waals surface area (Å²) < 4.78 is 50.9. The number of hydrogen-bond acceptors (Lipinski definition) is 7. The first-order chi connectivity index (χ1) is 20.0. The van der Waals surface area contributed by atoms with Crippen molar-refractivity contribution in [3.05, 3.63) is 88.3 Å². The summed E-state index contributed by atoms with van der Waals surface area (Å²) in [5, 5.41) is 18.6. The maximum Gasteiger partial charge on any atom is 0.429 e. The van der Waals surface area contributed by atoms with Crippen molar-refractivity contribution in [1.29, 1.82) is 0 Å². The molecule has 0 saturated carbocycles. The number of rotatable bonds is 10. The quantitative estimate of drug-likeness (QED) is 0.164. The molecule has 0 spiro atoms. The normalized spacial score (nSPS) is 13.0. The van der Waals surface area contributed by atoms with Gasteiger partial charge >= 0.3 is 12.1 Å². The number of carbonyl (C=O) groups is 1. The average molecular weight is 653 g/mol. The van der Waals surface area contributed by atoms with Crippen molar-refractivity contribution < 1.29 is 27.8 Å². The lowest BCUT2D eigenvalue weighted by Gasteiger charge is -2.24. The van der Waals surface area contributed by atoms with Crippen molar-refractivity contribution in [2.75, 3.05) is 6.54 Å². The summed E-state index contributed by atoms with van der Waals surface area (Å²) in [4.78, 5) is 19.9. The highest BCUT2D eigenvalue weighted by atomic mass is 35.5. The molecule has 8 nitrogen and oxygen atoms in total. The first-order valence-corrected chi connectivity index (χ1v) is 14.1. The molecule has 3 aromatic heterocycles. The molecule has 0 amide bonds. The SMILES string of the molecule is CCNC(Cc1ccc(-c2csc3c(O[C@H](c4ccc(Cl)cc4-n4ccc(C)n4)C(F)(F)F)ncnc23)cc1)C(=O)O.Cl. The molecule has 14 heteroatoms. The molecule has 0 aliphatic carbocycles. The number of likely N-dealkylation sites (N-methyl/N-ethyl adjacent to an activating group) is 1. The Morgan fingerprint density at radius 2 is 1.91 bits per heavy atom. The Balaban J connectivity index is 0.00000423. The van der Waals surface area contributed by atoms with Crippen LogP contribution in [-0.4, -0.2) is 49.6 Å². The van der Waals surface area contributed by atoms with Crippen LogP contribution in [0.25, 0.3) is 27.0 Å². The monoisotopic (exact) mass is 651 g/mol. The van der Waals surface area contributed by atoms with E-state index >= 15 is 0 Å². The minimum absolute atomic E-state index is 0. The Morgan fingerprint density at radius 3 is 2.53 bits per heavy atom. The van der Waals surface area contributed by atoms with E-state index in [9.17, 15) is 23.1 Å². The smallest absolute Gasteiger partial charge is 0.429 e. The van der Waals surface area contributed by atoms with Gasteiger partial charge in [-0.2, -0.15) is 18.3 Å². The number of carboxylic acids is 1. The number of nitrogens with one attached hydrogen (secondary N) is 1. The van der Waals surface area contributed by atoms with Gasteiger partial charge in [-0.05, 0) is 49.2 Å². The van der Waals surface area contributed by atoms with E-state index in [1.165, 1.54) is 40.5 Å². The Hall–Kier alpha value is -3.71. The van der Waals surface area contributed by atoms with Crippen molar-refractivity contribution in [1.82, 2.24) is 25.1 Å². The number of benzene rings is 2. The zero-order valence-electron chi connectivity index (χ0n) is 22.8. The highest BCUT2D eigenvalue weighted by Crippen LogP contribution is 2.43. The van der Waals surface area contributed by atoms with Gasteiger partial charge in [0.25, 0.3) is 0 Å². The number of halogens is 5. The molecule has 2 N–H and O–H groups in total. The number of nitrogens with zero attached hydrogens (tertiary/aromatic N) is 4. The fourth-order valence-electron chi connectivity index (χ4n) is 4.57. The Morgan fingerprint density at radius 1 is 1.16 bits per heavy atom. The maximum atomic E-state index is 14.5. The zero-order chi connectivity index (χ0) is 30.0. The van der Waals surface area contributed by atoms with Crippen LogP contribution in [0.5, 0.6) is 5.88 Å². The van der Waals surface area contributed by atoms with E-state index in [-0.39, 0.29) is 34.6 Å². The van der Waals surface area contributed by atoms with Crippen LogP contribution in [0.3, 0.4) is 0 Å². The lowest BCUT2D eigenvalue weighted by molar-refractivity contribution is -0.198. The summed E-state index contributed by atoms with van der Waals surface area (Å²) in [7, 11) is 0. The van der Waals surface area contributed by atoms with E-state index in [2.05, 4.69) is 20.4 Å². The van der Waals surface area contributed by atoms with Crippen molar-refractivity contribution >= 4 is 51.5 Å². The second kappa shape index (κ2) is 13.3. The highest BCUT2D eigenvalue weighted by Gasteiger charge is 2.45. The van der Waals surface area contributed by atoms with Crippen molar-refractivity contribution in [2.45, 2.75) is 38.6 Å². The largest absolute Gasteiger partial charge is 0.480 e. The van der Waals surface area contributed by atoms with Crippen LogP contribution in [0, 0.1) is 6.92 Å². The third-order valence-electron chi connectivity index (χ3n) is 6.55. The van der Waals surface area contributed by atoms with Gasteiger partial charge in [-0.3, -0.25) is 4.79 Å². The number of carboxylic acid groups (broad SMARTS) is 1. The van der Waals surface area contributed by atoms with Gasteiger partial charge in [-0.15, -0.1) is 23.7 Å². The fourth-order valence-corrected chi connectivity index (χ4v) is 5.70. The number of hydrogen-bond donors (Lipinski definition) is 2. The summed E-state index contributed by atoms with van der Waals surface area (Å²) in [5.74, 6) is -1.14. The van der Waals surface area contributed by atoms with Crippen LogP contribution in [0.2, 0.25) is 5.02 Å². The van der Waals surface area contributed by atoms with E-state index in [1.807, 2.05) is 31.2 Å². The highest BCUT2D eigenvalue weighted by molar-refractivity contribution is 7.18. The Bertz CT molecular complexity index is 1730. The van der Waals surface area contributed by atoms with Crippen LogP contribution in [-0.2, 0) is 11.2 Å². The molecular weight excluding hydrogens is 626 g/mol. The van der Waals surface area contributed by atoms with E-state index in [4.69, 9.17) is 16.3 Å². The first-order valence-electron chi connectivity index (χ1n) is 12.9. The molecule has 0 saturated heterocycles. The summed E-state index contributed by atoms with van der Waals surface area (Å²) in [6, 6.07) is 12.3. The van der Waals surface area contributed by atoms with E-state index in [1.54, 1.807) is 24.6 Å². The van der Waals surface area contributed by atoms with Crippen LogP contribution in [0.4, 0.5) is 13.2 Å². The molecule has 2 aromatic carbocycles. The summed E-state index contributed by atoms with van der Waals surface area (Å²) in [5.41, 5.74) is 3.31. The second-order valence-electron chi connectivity index (χ2n) is 9.50. The van der Waals surface area contributed by atoms with Gasteiger partial charge in [-0.25, -0.2) is 14.6 Å². The van der Waals surface area contributed by atoms with Crippen LogP contribution in [0.15, 0.2) is 66.4 Å². The van der Waals surface area contributed by atoms with Gasteiger partial charge in [0.1, 0.15) is 17.1 Å². The molecule has 0 aliphatic heterocycles. The topological polar surface area (TPSA) is 102 Å². The van der Waals surface area contributed by atoms with Gasteiger partial charge in [0.2, 0.25) is 12.0 Å². The first kappa shape index (κ1) is 32.2. The van der Waals surface area contributed by atoms with Crippen LogP contribution < -0.4 is 10.1 Å². The van der Waals surface area contributed by atoms with Crippen LogP contribution >= 0.6 is 35.3 Å². The molecule has 2 atom stereocenters. The maximum absolute atomic E-state index is 14.5. The molecule has 5 rings (SSSR count). The zero-order valence-corrected chi connectivity index (χ0v) is 25.2. The fraction of sp³-hybridized carbons (Fsp3) is 0.241. The number of aromatic nitrogens is 4. The summed E-state index contributed by atoms with van der Waals surface area (Å²) >= 11 is 7.31. The van der Waals surface area contributed by atoms with E-state index < -0.39 is 24.3 Å². The van der Waals surface area contributed by atoms with Gasteiger partial charge < -0.3 is 15.2 Å². The number of aryl methyl sites for hydroxylation is 1. The average Bonchev–Trinajstić information content (AvgIpc) is 3.58. The molecule has 1 unspecified atom stereocenters. The predicted octanol–water partition coefficient (Wildman–Crippen LogP) is 7.22. The molecule has 0 bridgehead atoms. The number of aliphatic carboxylic acids is 1. The Kier molecular flexibility index (Phi) is 9.96. The van der Waals surface area contributed by atoms with Gasteiger partial charge in [-0.1, -0.05) is 48.9 Å². The standard InChI is InChI=1S/C29H25ClF3N5O3S.ClH/c1-3-34-22(28(39)40)12-17-4-6-18(7-5-17)21-14-42-25-24(21)35-15-36-27(25)41-26(29(31,32)33)20-9-8-19(30)13-23(20)38-11-10-16(2)37-38;/h4-11,13-15,22,26,34H,3,12H2,1-2H3,(H,39,40);1H/t22?,26-;/m1./s1. The van der Waals surface area contributed by atoms with Gasteiger partial charge in [0.15, 0.2) is 0 Å². The van der Waals surface area contributed by atoms with E-state index in [0.717, 1.165) is 11.1 Å². The number of fused-ring (bicyclic) bond motifs is 1. The van der Waals surface area contributed by atoms with Crippen molar-refractivity contribution in [3.63, 3.8) is 0 Å². The Labute approximate surface area is 259 Å². The third kappa shape index (κ3) is 7.10. The predicted molar refractivity (Wildman–Crippen MR) is 162 cm³/mol. The molecule has 0 aliphatic rings. The number of ether oxygens (including phenoxy) is 1. The molecule has 0 radical (unpaired) electrons. The summed E-state index contributed by atoms with van der Waals surface area (Å²) in [6.45, 7) is 4.10. The van der Waals surface area contributed by atoms with Gasteiger partial charge in [0, 0.05) is 27.7 Å². The third-order valence-corrected chi connectivity index (χ3v) is 7.74. The van der Waals surface area contributed by atoms with Gasteiger partial charge in [0.05, 0.1) is 16.9 Å². The van der Waals surface area contributed by atoms with Crippen molar-refractivity contribution in [3.8, 4) is 22.7 Å². The summed E-state index contributed by atoms with van der Waals surface area (Å²) in [6.07, 6.45) is -4.13. The number of alkyl halides is 3. The minimum atomic E-state index is -4.79. The van der Waals surface area contributed by atoms with Crippen LogP contribution in [0.1, 0.15) is 29.8 Å².